The number of nitrogens with two attached hydrogens (primary N) is 1. The highest BCUT2D eigenvalue weighted by molar-refractivity contribution is 5.93. The molecular weight excluding hydrogens is 362 g/mol. The zero-order chi connectivity index (χ0) is 18.5. The van der Waals surface area contributed by atoms with Gasteiger partial charge in [-0.05, 0) is 42.6 Å². The number of rotatable bonds is 6. The van der Waals surface area contributed by atoms with Crippen LogP contribution in [0, 0.1) is 12.8 Å². The Balaban J connectivity index is 0.00000261. The number of methoxy groups -OCH3 is 1. The van der Waals surface area contributed by atoms with Gasteiger partial charge in [0.05, 0.1) is 19.3 Å². The minimum atomic E-state index is -0.0293. The number of carbonyl (C=O) groups excluding carboxylic acids is 1. The van der Waals surface area contributed by atoms with E-state index in [1.807, 2.05) is 31.2 Å². The van der Waals surface area contributed by atoms with Crippen molar-refractivity contribution in [3.8, 4) is 5.75 Å². The molecule has 0 radical (unpaired) electrons. The maximum absolute atomic E-state index is 12.5. The van der Waals surface area contributed by atoms with Crippen molar-refractivity contribution in [3.63, 3.8) is 0 Å². The van der Waals surface area contributed by atoms with Gasteiger partial charge in [-0.3, -0.25) is 9.69 Å². The first kappa shape index (κ1) is 21.2. The Morgan fingerprint density at radius 1 is 1.22 bits per heavy atom. The predicted molar refractivity (Wildman–Crippen MR) is 112 cm³/mol. The van der Waals surface area contributed by atoms with Crippen LogP contribution in [0.15, 0.2) is 48.5 Å². The van der Waals surface area contributed by atoms with Gasteiger partial charge in [-0.1, -0.05) is 36.4 Å². The number of nitrogens with one attached hydrogen (secondary N) is 1. The van der Waals surface area contributed by atoms with Crippen molar-refractivity contribution in [1.82, 2.24) is 4.90 Å². The van der Waals surface area contributed by atoms with Crippen molar-refractivity contribution in [2.45, 2.75) is 12.8 Å². The molecule has 5 nitrogen and oxygen atoms in total. The third kappa shape index (κ3) is 5.22. The molecule has 0 spiro atoms. The number of likely N-dealkylation sites (tertiary alicyclic amines) is 1. The lowest BCUT2D eigenvalue weighted by Crippen LogP contribution is -2.32. The van der Waals surface area contributed by atoms with E-state index in [-0.39, 0.29) is 18.3 Å². The topological polar surface area (TPSA) is 67.6 Å². The van der Waals surface area contributed by atoms with Crippen LogP contribution in [0.25, 0.3) is 0 Å². The molecule has 0 aromatic heterocycles. The number of halogens is 1. The van der Waals surface area contributed by atoms with Crippen LogP contribution >= 0.6 is 12.4 Å². The number of hydrogen-bond acceptors (Lipinski definition) is 4. The van der Waals surface area contributed by atoms with Crippen molar-refractivity contribution >= 4 is 24.0 Å². The molecule has 1 fully saturated rings. The molecule has 1 heterocycles. The molecule has 6 heteroatoms. The first-order valence-electron chi connectivity index (χ1n) is 9.02. The SMILES string of the molecule is COc1ccc(C)cc1NC(=O)CN1C[C@@H](CN)[C@H](c2ccccc2)C1.Cl. The molecule has 1 aliphatic rings. The second-order valence-electron chi connectivity index (χ2n) is 6.96. The highest BCUT2D eigenvalue weighted by atomic mass is 35.5. The molecule has 3 N–H and O–H groups in total. The maximum atomic E-state index is 12.5. The number of ether oxygens (including phenoxy) is 1. The molecule has 0 aliphatic carbocycles. The van der Waals surface area contributed by atoms with Gasteiger partial charge in [0.2, 0.25) is 5.91 Å². The quantitative estimate of drug-likeness (QED) is 0.796. The largest absolute Gasteiger partial charge is 0.495 e. The number of aryl methyl sites for hydroxylation is 1. The third-order valence-corrected chi connectivity index (χ3v) is 5.04. The van der Waals surface area contributed by atoms with Gasteiger partial charge in [-0.2, -0.15) is 0 Å². The van der Waals surface area contributed by atoms with E-state index < -0.39 is 0 Å². The van der Waals surface area contributed by atoms with Crippen molar-refractivity contribution in [2.75, 3.05) is 38.6 Å². The van der Waals surface area contributed by atoms with Crippen LogP contribution < -0.4 is 15.8 Å². The number of hydrogen-bond donors (Lipinski definition) is 2. The van der Waals surface area contributed by atoms with Crippen LogP contribution in [-0.4, -0.2) is 44.1 Å². The first-order valence-corrected chi connectivity index (χ1v) is 9.02. The van der Waals surface area contributed by atoms with Crippen LogP contribution in [0.2, 0.25) is 0 Å². The van der Waals surface area contributed by atoms with Gasteiger partial charge in [0.15, 0.2) is 0 Å². The summed E-state index contributed by atoms with van der Waals surface area (Å²) >= 11 is 0. The normalized spacial score (nSPS) is 19.4. The van der Waals surface area contributed by atoms with Crippen molar-refractivity contribution < 1.29 is 9.53 Å². The molecule has 0 saturated carbocycles. The zero-order valence-corrected chi connectivity index (χ0v) is 16.7. The Bertz CT molecular complexity index is 754. The monoisotopic (exact) mass is 389 g/mol. The fraction of sp³-hybridized carbons (Fsp3) is 0.381. The summed E-state index contributed by atoms with van der Waals surface area (Å²) in [5, 5.41) is 2.98. The average Bonchev–Trinajstić information content (AvgIpc) is 3.05. The summed E-state index contributed by atoms with van der Waals surface area (Å²) in [5.74, 6) is 1.40. The molecule has 2 aromatic rings. The molecule has 1 saturated heterocycles. The van der Waals surface area contributed by atoms with Gasteiger partial charge in [-0.25, -0.2) is 0 Å². The molecule has 146 valence electrons. The minimum Gasteiger partial charge on any atom is -0.495 e. The molecule has 0 unspecified atom stereocenters. The van der Waals surface area contributed by atoms with E-state index in [1.54, 1.807) is 7.11 Å². The van der Waals surface area contributed by atoms with Crippen LogP contribution in [0.5, 0.6) is 5.75 Å². The lowest BCUT2D eigenvalue weighted by molar-refractivity contribution is -0.117. The second-order valence-corrected chi connectivity index (χ2v) is 6.96. The Labute approximate surface area is 167 Å². The van der Waals surface area contributed by atoms with E-state index in [4.69, 9.17) is 10.5 Å². The average molecular weight is 390 g/mol. The van der Waals surface area contributed by atoms with Gasteiger partial charge in [0.25, 0.3) is 0 Å². The van der Waals surface area contributed by atoms with Crippen molar-refractivity contribution in [1.29, 1.82) is 0 Å². The Morgan fingerprint density at radius 3 is 2.63 bits per heavy atom. The fourth-order valence-corrected chi connectivity index (χ4v) is 3.72. The van der Waals surface area contributed by atoms with E-state index in [0.29, 0.717) is 36.4 Å². The predicted octanol–water partition coefficient (Wildman–Crippen LogP) is 3.04. The van der Waals surface area contributed by atoms with Gasteiger partial charge in [0.1, 0.15) is 5.75 Å². The molecule has 0 bridgehead atoms. The Hall–Kier alpha value is -2.08. The van der Waals surface area contributed by atoms with E-state index in [2.05, 4.69) is 34.5 Å². The Morgan fingerprint density at radius 2 is 1.96 bits per heavy atom. The number of amides is 1. The molecule has 1 amide bonds. The van der Waals surface area contributed by atoms with Gasteiger partial charge >= 0.3 is 0 Å². The summed E-state index contributed by atoms with van der Waals surface area (Å²) in [6.07, 6.45) is 0. The van der Waals surface area contributed by atoms with Crippen LogP contribution in [0.4, 0.5) is 5.69 Å². The first-order chi connectivity index (χ1) is 12.6. The lowest BCUT2D eigenvalue weighted by Gasteiger charge is -2.17. The molecule has 1 aliphatic heterocycles. The van der Waals surface area contributed by atoms with Crippen LogP contribution in [0.1, 0.15) is 17.0 Å². The van der Waals surface area contributed by atoms with E-state index in [9.17, 15) is 4.79 Å². The van der Waals surface area contributed by atoms with Crippen molar-refractivity contribution in [2.24, 2.45) is 11.7 Å². The number of nitrogens with zero attached hydrogens (tertiary/aromatic N) is 1. The summed E-state index contributed by atoms with van der Waals surface area (Å²) in [4.78, 5) is 14.7. The minimum absolute atomic E-state index is 0. The molecule has 2 aromatic carbocycles. The second kappa shape index (κ2) is 9.74. The summed E-state index contributed by atoms with van der Waals surface area (Å²) in [6.45, 7) is 4.67. The Kier molecular flexibility index (Phi) is 7.66. The number of carbonyl (C=O) groups is 1. The van der Waals surface area contributed by atoms with E-state index in [0.717, 1.165) is 18.7 Å². The van der Waals surface area contributed by atoms with Crippen molar-refractivity contribution in [3.05, 3.63) is 59.7 Å². The summed E-state index contributed by atoms with van der Waals surface area (Å²) in [7, 11) is 1.61. The smallest absolute Gasteiger partial charge is 0.238 e. The molecule has 27 heavy (non-hydrogen) atoms. The fourth-order valence-electron chi connectivity index (χ4n) is 3.72. The van der Waals surface area contributed by atoms with Crippen LogP contribution in [0.3, 0.4) is 0 Å². The molecule has 3 rings (SSSR count). The van der Waals surface area contributed by atoms with Crippen LogP contribution in [-0.2, 0) is 4.79 Å². The zero-order valence-electron chi connectivity index (χ0n) is 15.9. The number of anilines is 1. The summed E-state index contributed by atoms with van der Waals surface area (Å²) in [6, 6.07) is 16.2. The highest BCUT2D eigenvalue weighted by Crippen LogP contribution is 2.32. The molecular formula is C21H28ClN3O2. The summed E-state index contributed by atoms with van der Waals surface area (Å²) in [5.41, 5.74) is 9.08. The number of benzene rings is 2. The van der Waals surface area contributed by atoms with E-state index in [1.165, 1.54) is 5.56 Å². The van der Waals surface area contributed by atoms with Gasteiger partial charge in [-0.15, -0.1) is 12.4 Å². The van der Waals surface area contributed by atoms with E-state index >= 15 is 0 Å². The van der Waals surface area contributed by atoms with Gasteiger partial charge in [0, 0.05) is 19.0 Å². The standard InChI is InChI=1S/C21H27N3O2.ClH/c1-15-8-9-20(26-2)19(10-15)23-21(25)14-24-12-17(11-22)18(13-24)16-6-4-3-5-7-16;/h3-10,17-18H,11-14,22H2,1-2H3,(H,23,25);1H/t17-,18+;/m1./s1. The van der Waals surface area contributed by atoms with Gasteiger partial charge < -0.3 is 15.8 Å². The lowest BCUT2D eigenvalue weighted by atomic mass is 9.89. The third-order valence-electron chi connectivity index (χ3n) is 5.04. The highest BCUT2D eigenvalue weighted by Gasteiger charge is 2.33. The maximum Gasteiger partial charge on any atom is 0.238 e. The molecule has 2 atom stereocenters. The summed E-state index contributed by atoms with van der Waals surface area (Å²) < 4.78 is 5.34.